The van der Waals surface area contributed by atoms with E-state index in [9.17, 15) is 5.26 Å². The number of methoxy groups -OCH3 is 2. The van der Waals surface area contributed by atoms with Gasteiger partial charge >= 0.3 is 0 Å². The topological polar surface area (TPSA) is 94.1 Å². The number of nitriles is 1. The third-order valence-corrected chi connectivity index (χ3v) is 3.42. The molecular weight excluding hydrogens is 288 g/mol. The van der Waals surface area contributed by atoms with E-state index in [0.29, 0.717) is 27.9 Å². The number of aromatic nitrogens is 2. The average molecular weight is 302 g/mol. The van der Waals surface area contributed by atoms with Crippen molar-refractivity contribution in [1.82, 2.24) is 9.97 Å². The highest BCUT2D eigenvalue weighted by molar-refractivity contribution is 7.98. The van der Waals surface area contributed by atoms with Gasteiger partial charge in [0.05, 0.1) is 19.9 Å². The van der Waals surface area contributed by atoms with Gasteiger partial charge in [0.25, 0.3) is 0 Å². The van der Waals surface area contributed by atoms with Crippen LogP contribution in [0.4, 0.5) is 5.82 Å². The van der Waals surface area contributed by atoms with Crippen LogP contribution in [0.2, 0.25) is 0 Å². The molecule has 1 aromatic heterocycles. The number of benzene rings is 1. The van der Waals surface area contributed by atoms with Crippen LogP contribution in [0.15, 0.2) is 23.4 Å². The second kappa shape index (κ2) is 6.33. The first-order valence-corrected chi connectivity index (χ1v) is 7.21. The highest BCUT2D eigenvalue weighted by Crippen LogP contribution is 2.36. The lowest BCUT2D eigenvalue weighted by atomic mass is 10.1. The fraction of sp³-hybridized carbons (Fsp3) is 0.214. The standard InChI is InChI=1S/C14H14N4O2S/c1-19-8-4-5-11(20-2)9(6-8)12-10(7-15)13(16)18-14(17-12)21-3/h4-6H,1-3H3,(H2,16,17,18). The molecule has 2 rings (SSSR count). The van der Waals surface area contributed by atoms with Gasteiger partial charge in [-0.3, -0.25) is 0 Å². The fourth-order valence-corrected chi connectivity index (χ4v) is 2.22. The van der Waals surface area contributed by atoms with Crippen LogP contribution < -0.4 is 15.2 Å². The maximum absolute atomic E-state index is 9.33. The molecule has 0 aliphatic rings. The number of anilines is 1. The fourth-order valence-electron chi connectivity index (χ4n) is 1.85. The summed E-state index contributed by atoms with van der Waals surface area (Å²) in [4.78, 5) is 8.47. The van der Waals surface area contributed by atoms with Crippen molar-refractivity contribution in [2.24, 2.45) is 0 Å². The summed E-state index contributed by atoms with van der Waals surface area (Å²) in [5, 5.41) is 9.82. The molecular formula is C14H14N4O2S. The van der Waals surface area contributed by atoms with E-state index in [1.165, 1.54) is 11.8 Å². The van der Waals surface area contributed by atoms with Gasteiger partial charge < -0.3 is 15.2 Å². The maximum atomic E-state index is 9.33. The second-order valence-electron chi connectivity index (χ2n) is 4.00. The van der Waals surface area contributed by atoms with Crippen LogP contribution in [0.1, 0.15) is 5.56 Å². The molecule has 0 spiro atoms. The van der Waals surface area contributed by atoms with Gasteiger partial charge in [-0.25, -0.2) is 9.97 Å². The molecule has 6 nitrogen and oxygen atoms in total. The van der Waals surface area contributed by atoms with E-state index in [2.05, 4.69) is 9.97 Å². The van der Waals surface area contributed by atoms with Crippen LogP contribution in [0.3, 0.4) is 0 Å². The second-order valence-corrected chi connectivity index (χ2v) is 4.77. The van der Waals surface area contributed by atoms with Crippen molar-refractivity contribution in [3.8, 4) is 28.8 Å². The molecule has 1 aromatic carbocycles. The van der Waals surface area contributed by atoms with Crippen LogP contribution in [0.5, 0.6) is 11.5 Å². The summed E-state index contributed by atoms with van der Waals surface area (Å²) in [5.41, 5.74) is 7.14. The molecule has 0 bridgehead atoms. The van der Waals surface area contributed by atoms with Crippen molar-refractivity contribution in [2.75, 3.05) is 26.2 Å². The highest BCUT2D eigenvalue weighted by atomic mass is 32.2. The molecule has 0 saturated carbocycles. The number of nitrogens with two attached hydrogens (primary N) is 1. The molecule has 0 amide bonds. The van der Waals surface area contributed by atoms with E-state index < -0.39 is 0 Å². The van der Waals surface area contributed by atoms with Gasteiger partial charge in [-0.15, -0.1) is 0 Å². The van der Waals surface area contributed by atoms with Gasteiger partial charge in [0.2, 0.25) is 0 Å². The minimum atomic E-state index is 0.150. The maximum Gasteiger partial charge on any atom is 0.189 e. The molecule has 2 aromatic rings. The predicted molar refractivity (Wildman–Crippen MR) is 81.5 cm³/mol. The zero-order valence-electron chi connectivity index (χ0n) is 11.9. The lowest BCUT2D eigenvalue weighted by Crippen LogP contribution is -2.03. The summed E-state index contributed by atoms with van der Waals surface area (Å²) in [6.45, 7) is 0. The monoisotopic (exact) mass is 302 g/mol. The number of rotatable bonds is 4. The van der Waals surface area contributed by atoms with Gasteiger partial charge in [0, 0.05) is 5.56 Å². The van der Waals surface area contributed by atoms with Crippen molar-refractivity contribution in [3.63, 3.8) is 0 Å². The zero-order chi connectivity index (χ0) is 15.4. The molecule has 0 aliphatic carbocycles. The van der Waals surface area contributed by atoms with E-state index >= 15 is 0 Å². The quantitative estimate of drug-likeness (QED) is 0.684. The van der Waals surface area contributed by atoms with Gasteiger partial charge in [-0.1, -0.05) is 11.8 Å². The third-order valence-electron chi connectivity index (χ3n) is 2.87. The van der Waals surface area contributed by atoms with Crippen molar-refractivity contribution in [2.45, 2.75) is 5.16 Å². The van der Waals surface area contributed by atoms with Gasteiger partial charge in [0.1, 0.15) is 28.9 Å². The Morgan fingerprint density at radius 1 is 1.24 bits per heavy atom. The number of hydrogen-bond acceptors (Lipinski definition) is 7. The normalized spacial score (nSPS) is 10.0. The van der Waals surface area contributed by atoms with E-state index in [1.54, 1.807) is 32.4 Å². The molecule has 0 fully saturated rings. The summed E-state index contributed by atoms with van der Waals surface area (Å²) in [6, 6.07) is 7.33. The number of thioether (sulfide) groups is 1. The van der Waals surface area contributed by atoms with E-state index in [0.717, 1.165) is 0 Å². The largest absolute Gasteiger partial charge is 0.497 e. The van der Waals surface area contributed by atoms with Crippen molar-refractivity contribution in [3.05, 3.63) is 23.8 Å². The van der Waals surface area contributed by atoms with Crippen LogP contribution in [-0.2, 0) is 0 Å². The molecule has 2 N–H and O–H groups in total. The van der Waals surface area contributed by atoms with Crippen molar-refractivity contribution < 1.29 is 9.47 Å². The number of nitrogen functional groups attached to an aromatic ring is 1. The number of ether oxygens (including phenoxy) is 2. The molecule has 1 heterocycles. The molecule has 21 heavy (non-hydrogen) atoms. The minimum absolute atomic E-state index is 0.150. The Hall–Kier alpha value is -2.46. The smallest absolute Gasteiger partial charge is 0.189 e. The molecule has 0 atom stereocenters. The summed E-state index contributed by atoms with van der Waals surface area (Å²) < 4.78 is 10.6. The first-order valence-electron chi connectivity index (χ1n) is 5.98. The molecule has 0 unspecified atom stereocenters. The predicted octanol–water partition coefficient (Wildman–Crippen LogP) is 2.34. The SMILES string of the molecule is COc1ccc(OC)c(-c2nc(SC)nc(N)c2C#N)c1. The molecule has 108 valence electrons. The lowest BCUT2D eigenvalue weighted by Gasteiger charge is -2.12. The van der Waals surface area contributed by atoms with E-state index in [4.69, 9.17) is 15.2 Å². The van der Waals surface area contributed by atoms with Gasteiger partial charge in [-0.2, -0.15) is 5.26 Å². The summed E-state index contributed by atoms with van der Waals surface area (Å²) in [6.07, 6.45) is 1.84. The molecule has 0 saturated heterocycles. The summed E-state index contributed by atoms with van der Waals surface area (Å²) >= 11 is 1.35. The zero-order valence-corrected chi connectivity index (χ0v) is 12.7. The summed E-state index contributed by atoms with van der Waals surface area (Å²) in [5.74, 6) is 1.37. The molecule has 0 aliphatic heterocycles. The Labute approximate surface area is 126 Å². The first kappa shape index (κ1) is 14.9. The Bertz CT molecular complexity index is 713. The number of nitrogens with zero attached hydrogens (tertiary/aromatic N) is 3. The van der Waals surface area contributed by atoms with Crippen molar-refractivity contribution in [1.29, 1.82) is 5.26 Å². The highest BCUT2D eigenvalue weighted by Gasteiger charge is 2.18. The summed E-state index contributed by atoms with van der Waals surface area (Å²) in [7, 11) is 3.12. The van der Waals surface area contributed by atoms with Crippen LogP contribution in [-0.4, -0.2) is 30.4 Å². The Kier molecular flexibility index (Phi) is 4.50. The van der Waals surface area contributed by atoms with E-state index in [1.807, 2.05) is 12.3 Å². The van der Waals surface area contributed by atoms with Crippen LogP contribution in [0.25, 0.3) is 11.3 Å². The molecule has 7 heteroatoms. The van der Waals surface area contributed by atoms with Gasteiger partial charge in [0.15, 0.2) is 5.16 Å². The Morgan fingerprint density at radius 3 is 2.57 bits per heavy atom. The van der Waals surface area contributed by atoms with Crippen LogP contribution >= 0.6 is 11.8 Å². The average Bonchev–Trinajstić information content (AvgIpc) is 2.53. The first-order chi connectivity index (χ1) is 10.1. The Morgan fingerprint density at radius 2 is 2.00 bits per heavy atom. The number of hydrogen-bond donors (Lipinski definition) is 1. The van der Waals surface area contributed by atoms with Gasteiger partial charge in [-0.05, 0) is 24.5 Å². The lowest BCUT2D eigenvalue weighted by molar-refractivity contribution is 0.404. The Balaban J connectivity index is 2.76. The van der Waals surface area contributed by atoms with Crippen molar-refractivity contribution >= 4 is 17.6 Å². The van der Waals surface area contributed by atoms with E-state index in [-0.39, 0.29) is 11.4 Å². The van der Waals surface area contributed by atoms with Crippen LogP contribution in [0, 0.1) is 11.3 Å². The minimum Gasteiger partial charge on any atom is -0.497 e. The third kappa shape index (κ3) is 2.85. The molecule has 0 radical (unpaired) electrons.